The molecule has 0 aliphatic heterocycles. The number of benzene rings is 2. The first-order valence-electron chi connectivity index (χ1n) is 9.84. The van der Waals surface area contributed by atoms with E-state index in [9.17, 15) is 30.9 Å². The summed E-state index contributed by atoms with van der Waals surface area (Å²) in [6, 6.07) is 10.3. The molecule has 1 aliphatic carbocycles. The Morgan fingerprint density at radius 2 is 1.69 bits per heavy atom. The number of carbonyl (C=O) groups is 1. The molecule has 0 saturated heterocycles. The van der Waals surface area contributed by atoms with Crippen molar-refractivity contribution >= 4 is 16.1 Å². The highest BCUT2D eigenvalue weighted by Gasteiger charge is 2.40. The van der Waals surface area contributed by atoms with E-state index in [1.807, 2.05) is 24.3 Å². The van der Waals surface area contributed by atoms with Crippen molar-refractivity contribution < 1.29 is 40.4 Å². The van der Waals surface area contributed by atoms with Crippen molar-refractivity contribution in [2.24, 2.45) is 5.92 Å². The van der Waals surface area contributed by atoms with E-state index >= 15 is 0 Å². The molecule has 2 aromatic carbocycles. The van der Waals surface area contributed by atoms with Gasteiger partial charge in [0, 0.05) is 5.92 Å². The average molecular weight is 471 g/mol. The van der Waals surface area contributed by atoms with Gasteiger partial charge in [0.15, 0.2) is 0 Å². The molecule has 0 fully saturated rings. The van der Waals surface area contributed by atoms with E-state index < -0.39 is 51.5 Å². The third-order valence-corrected chi connectivity index (χ3v) is 6.16. The largest absolute Gasteiger partial charge is 0.748 e. The maximum absolute atomic E-state index is 13.6. The lowest BCUT2D eigenvalue weighted by Crippen LogP contribution is -2.38. The standard InChI is InChI=1S/C22H23F3O6S/c1-21(2,17-11-14-5-3-4-6-15(14)12-17)31-19-13-16(7-8-18(19)22(23,24)25)20(26)30-9-10-32(27,28)29/h3-8,13,17H,9-12H2,1-2H3,(H,27,28,29)/p-1. The van der Waals surface area contributed by atoms with Gasteiger partial charge in [-0.2, -0.15) is 13.2 Å². The second-order valence-electron chi connectivity index (χ2n) is 8.19. The minimum atomic E-state index is -4.72. The molecule has 174 valence electrons. The SMILES string of the molecule is CC(C)(Oc1cc(C(=O)OCCS(=O)(=O)[O-])ccc1C(F)(F)F)C1Cc2ccccc2C1. The van der Waals surface area contributed by atoms with Gasteiger partial charge < -0.3 is 14.0 Å². The fourth-order valence-corrected chi connectivity index (χ4v) is 3.99. The van der Waals surface area contributed by atoms with Crippen molar-refractivity contribution in [1.82, 2.24) is 0 Å². The fourth-order valence-electron chi connectivity index (χ4n) is 3.70. The lowest BCUT2D eigenvalue weighted by molar-refractivity contribution is -0.140. The lowest BCUT2D eigenvalue weighted by atomic mass is 9.88. The van der Waals surface area contributed by atoms with Crippen LogP contribution in [0.2, 0.25) is 0 Å². The molecular weight excluding hydrogens is 449 g/mol. The zero-order valence-corrected chi connectivity index (χ0v) is 18.3. The third kappa shape index (κ3) is 5.80. The van der Waals surface area contributed by atoms with Gasteiger partial charge in [0.1, 0.15) is 18.0 Å². The number of rotatable bonds is 7. The second kappa shape index (κ2) is 8.74. The summed E-state index contributed by atoms with van der Waals surface area (Å²) in [5.74, 6) is -2.60. The van der Waals surface area contributed by atoms with Gasteiger partial charge >= 0.3 is 12.1 Å². The van der Waals surface area contributed by atoms with Crippen LogP contribution in [0.1, 0.15) is 40.9 Å². The molecule has 0 N–H and O–H groups in total. The topological polar surface area (TPSA) is 92.7 Å². The Balaban J connectivity index is 1.83. The van der Waals surface area contributed by atoms with Crippen molar-refractivity contribution in [3.63, 3.8) is 0 Å². The summed E-state index contributed by atoms with van der Waals surface area (Å²) in [5.41, 5.74) is -0.0358. The van der Waals surface area contributed by atoms with Crippen molar-refractivity contribution in [3.8, 4) is 5.75 Å². The number of ether oxygens (including phenoxy) is 2. The highest BCUT2D eigenvalue weighted by Crippen LogP contribution is 2.41. The summed E-state index contributed by atoms with van der Waals surface area (Å²) in [4.78, 5) is 12.2. The summed E-state index contributed by atoms with van der Waals surface area (Å²) in [7, 11) is -4.59. The van der Waals surface area contributed by atoms with Crippen molar-refractivity contribution in [2.45, 2.75) is 38.5 Å². The van der Waals surface area contributed by atoms with Gasteiger partial charge in [-0.05, 0) is 56.0 Å². The van der Waals surface area contributed by atoms with Gasteiger partial charge in [-0.25, -0.2) is 13.2 Å². The first-order valence-corrected chi connectivity index (χ1v) is 11.4. The highest BCUT2D eigenvalue weighted by atomic mass is 32.2. The fraction of sp³-hybridized carbons (Fsp3) is 0.409. The molecule has 10 heteroatoms. The molecular formula is C22H22F3O6S-. The molecule has 6 nitrogen and oxygen atoms in total. The molecule has 0 radical (unpaired) electrons. The zero-order valence-electron chi connectivity index (χ0n) is 17.4. The number of alkyl halides is 3. The van der Waals surface area contributed by atoms with Crippen LogP contribution in [-0.4, -0.2) is 36.9 Å². The molecule has 3 rings (SSSR count). The summed E-state index contributed by atoms with van der Waals surface area (Å²) in [5, 5.41) is 0. The summed E-state index contributed by atoms with van der Waals surface area (Å²) in [6.45, 7) is 2.70. The molecule has 0 amide bonds. The van der Waals surface area contributed by atoms with E-state index in [0.717, 1.165) is 29.3 Å². The Morgan fingerprint density at radius 1 is 1.09 bits per heavy atom. The number of halogens is 3. The van der Waals surface area contributed by atoms with Crippen LogP contribution in [-0.2, 0) is 33.9 Å². The van der Waals surface area contributed by atoms with Crippen LogP contribution in [0.25, 0.3) is 0 Å². The lowest BCUT2D eigenvalue weighted by Gasteiger charge is -2.33. The van der Waals surface area contributed by atoms with Crippen molar-refractivity contribution in [1.29, 1.82) is 0 Å². The third-order valence-electron chi connectivity index (χ3n) is 5.50. The summed E-state index contributed by atoms with van der Waals surface area (Å²) in [6.07, 6.45) is -3.42. The number of hydrogen-bond acceptors (Lipinski definition) is 6. The van der Waals surface area contributed by atoms with E-state index in [1.54, 1.807) is 13.8 Å². The number of carbonyl (C=O) groups excluding carboxylic acids is 1. The van der Waals surface area contributed by atoms with E-state index in [4.69, 9.17) is 9.47 Å². The van der Waals surface area contributed by atoms with Crippen molar-refractivity contribution in [2.75, 3.05) is 12.4 Å². The molecule has 2 aromatic rings. The maximum atomic E-state index is 13.6. The van der Waals surface area contributed by atoms with E-state index in [1.165, 1.54) is 0 Å². The Hall–Kier alpha value is -2.59. The second-order valence-corrected chi connectivity index (χ2v) is 9.71. The Bertz CT molecular complexity index is 1080. The van der Waals surface area contributed by atoms with Crippen LogP contribution < -0.4 is 4.74 Å². The normalized spacial score (nSPS) is 14.8. The quantitative estimate of drug-likeness (QED) is 0.448. The Labute approximate surface area is 184 Å². The Kier molecular flexibility index (Phi) is 6.57. The predicted molar refractivity (Wildman–Crippen MR) is 108 cm³/mol. The molecule has 0 saturated carbocycles. The van der Waals surface area contributed by atoms with Gasteiger partial charge in [0.25, 0.3) is 0 Å². The van der Waals surface area contributed by atoms with Gasteiger partial charge in [0.2, 0.25) is 0 Å². The number of esters is 1. The smallest absolute Gasteiger partial charge is 0.419 e. The first-order chi connectivity index (χ1) is 14.8. The average Bonchev–Trinajstić information content (AvgIpc) is 3.11. The highest BCUT2D eigenvalue weighted by molar-refractivity contribution is 7.85. The number of fused-ring (bicyclic) bond motifs is 1. The predicted octanol–water partition coefficient (Wildman–Crippen LogP) is 3.98. The molecule has 0 atom stereocenters. The van der Waals surface area contributed by atoms with Crippen molar-refractivity contribution in [3.05, 3.63) is 64.7 Å². The first kappa shape index (κ1) is 24.1. The van der Waals surface area contributed by atoms with Crippen LogP contribution in [0.5, 0.6) is 5.75 Å². The van der Waals surface area contributed by atoms with E-state index in [2.05, 4.69) is 0 Å². The van der Waals surface area contributed by atoms with E-state index in [0.29, 0.717) is 12.8 Å². The van der Waals surface area contributed by atoms with Crippen LogP contribution in [0.3, 0.4) is 0 Å². The minimum Gasteiger partial charge on any atom is -0.748 e. The van der Waals surface area contributed by atoms with Gasteiger partial charge in [-0.1, -0.05) is 24.3 Å². The molecule has 1 aliphatic rings. The zero-order chi connectivity index (χ0) is 23.7. The van der Waals surface area contributed by atoms with Crippen LogP contribution in [0.15, 0.2) is 42.5 Å². The van der Waals surface area contributed by atoms with Crippen LogP contribution >= 0.6 is 0 Å². The minimum absolute atomic E-state index is 0.0844. The van der Waals surface area contributed by atoms with E-state index in [-0.39, 0.29) is 11.5 Å². The monoisotopic (exact) mass is 471 g/mol. The van der Waals surface area contributed by atoms with Crippen LogP contribution in [0.4, 0.5) is 13.2 Å². The van der Waals surface area contributed by atoms with Gasteiger partial charge in [0.05, 0.1) is 27.0 Å². The van der Waals surface area contributed by atoms with Gasteiger partial charge in [-0.3, -0.25) is 0 Å². The summed E-state index contributed by atoms with van der Waals surface area (Å²) >= 11 is 0. The van der Waals surface area contributed by atoms with Crippen LogP contribution in [0, 0.1) is 5.92 Å². The molecule has 0 aromatic heterocycles. The summed E-state index contributed by atoms with van der Waals surface area (Å²) < 4.78 is 83.2. The Morgan fingerprint density at radius 3 is 2.22 bits per heavy atom. The number of hydrogen-bond donors (Lipinski definition) is 0. The molecule has 0 spiro atoms. The maximum Gasteiger partial charge on any atom is 0.419 e. The molecule has 0 unspecified atom stereocenters. The van der Waals surface area contributed by atoms with Gasteiger partial charge in [-0.15, -0.1) is 0 Å². The molecule has 32 heavy (non-hydrogen) atoms. The molecule has 0 bridgehead atoms. The molecule has 0 heterocycles.